The number of thiophene rings is 2. The summed E-state index contributed by atoms with van der Waals surface area (Å²) in [5, 5.41) is 33.3. The fourth-order valence-electron chi connectivity index (χ4n) is 7.99. The molecule has 0 radical (unpaired) electrons. The van der Waals surface area contributed by atoms with Gasteiger partial charge < -0.3 is 27.0 Å². The third-order valence-electron chi connectivity index (χ3n) is 12.3. The quantitative estimate of drug-likeness (QED) is 0.0423. The van der Waals surface area contributed by atoms with E-state index in [1.807, 2.05) is 0 Å². The van der Waals surface area contributed by atoms with Crippen molar-refractivity contribution in [1.29, 1.82) is 0 Å². The highest BCUT2D eigenvalue weighted by molar-refractivity contribution is 7.92. The van der Waals surface area contributed by atoms with Crippen LogP contribution in [-0.4, -0.2) is 105 Å². The maximum atomic E-state index is 13.1. The molecule has 2 saturated heterocycles. The predicted molar refractivity (Wildman–Crippen MR) is 283 cm³/mol. The van der Waals surface area contributed by atoms with Crippen LogP contribution in [0.5, 0.6) is 0 Å². The van der Waals surface area contributed by atoms with Crippen molar-refractivity contribution in [1.82, 2.24) is 19.2 Å². The van der Waals surface area contributed by atoms with Crippen molar-refractivity contribution in [2.45, 2.75) is 69.7 Å². The van der Waals surface area contributed by atoms with E-state index in [0.29, 0.717) is 59.8 Å². The molecule has 4 heterocycles. The summed E-state index contributed by atoms with van der Waals surface area (Å²) >= 11 is 2.10. The van der Waals surface area contributed by atoms with Crippen molar-refractivity contribution < 1.29 is 62.7 Å². The fraction of sp³-hybridized carbons (Fsp3) is 0.271. The van der Waals surface area contributed by atoms with Gasteiger partial charge in [-0.3, -0.25) is 34.6 Å². The number of hydrogen-bond acceptors (Lipinski definition) is 17. The number of benzene rings is 4. The van der Waals surface area contributed by atoms with E-state index in [9.17, 15) is 73.0 Å². The molecule has 0 aliphatic carbocycles. The number of piperidine rings is 2. The molecule has 2 aliphatic rings. The molecule has 0 atom stereocenters. The predicted octanol–water partition coefficient (Wildman–Crippen LogP) is 7.10. The van der Waals surface area contributed by atoms with Crippen LogP contribution >= 0.6 is 22.7 Å². The molecule has 2 fully saturated rings. The number of carbonyl (C=O) groups excluding carboxylic acids is 3. The first-order valence-corrected chi connectivity index (χ1v) is 29.4. The summed E-state index contributed by atoms with van der Waals surface area (Å²) in [6, 6.07) is 27.5. The number of alkyl halides is 3. The zero-order chi connectivity index (χ0) is 56.6. The van der Waals surface area contributed by atoms with Crippen molar-refractivity contribution in [2.24, 2.45) is 5.73 Å². The van der Waals surface area contributed by atoms with Gasteiger partial charge in [-0.05, 0) is 123 Å². The van der Waals surface area contributed by atoms with Gasteiger partial charge in [0.25, 0.3) is 53.1 Å². The van der Waals surface area contributed by atoms with E-state index in [4.69, 9.17) is 5.73 Å². The van der Waals surface area contributed by atoms with Crippen LogP contribution in [0.15, 0.2) is 135 Å². The van der Waals surface area contributed by atoms with Gasteiger partial charge in [0.2, 0.25) is 5.91 Å². The Hall–Kier alpha value is -7.35. The molecule has 3 amide bonds. The summed E-state index contributed by atoms with van der Waals surface area (Å²) in [5.41, 5.74) is 1.78. The summed E-state index contributed by atoms with van der Waals surface area (Å²) in [6.45, 7) is 1.30. The second-order valence-corrected chi connectivity index (χ2v) is 26.1. The van der Waals surface area contributed by atoms with E-state index >= 15 is 0 Å². The van der Waals surface area contributed by atoms with Crippen LogP contribution in [0.2, 0.25) is 0 Å². The highest BCUT2D eigenvalue weighted by atomic mass is 32.3. The third kappa shape index (κ3) is 14.4. The zero-order valence-corrected chi connectivity index (χ0v) is 44.7. The Bertz CT molecular complexity index is 3490. The largest absolute Gasteiger partial charge is 0.501 e. The summed E-state index contributed by atoms with van der Waals surface area (Å²) in [7, 11) is -12.9. The molecule has 0 spiro atoms. The molecule has 2 aliphatic heterocycles. The number of nitrogens with two attached hydrogens (primary N) is 1. The molecule has 22 nitrogen and oxygen atoms in total. The van der Waals surface area contributed by atoms with Crippen LogP contribution in [0.1, 0.15) is 66.5 Å². The van der Waals surface area contributed by atoms with Gasteiger partial charge in [0.15, 0.2) is 0 Å². The highest BCUT2D eigenvalue weighted by Crippen LogP contribution is 2.33. The number of rotatable bonds is 18. The molecular weight excluding hydrogens is 1130 g/mol. The van der Waals surface area contributed by atoms with Gasteiger partial charge >= 0.3 is 5.51 Å². The number of sulfone groups is 1. The number of carbonyl (C=O) groups is 3. The van der Waals surface area contributed by atoms with Gasteiger partial charge in [0, 0.05) is 100 Å². The van der Waals surface area contributed by atoms with Gasteiger partial charge in [-0.1, -0.05) is 0 Å². The molecule has 8 rings (SSSR count). The Balaban J connectivity index is 0.000000227. The number of non-ortho nitro benzene ring substituents is 2. The Kier molecular flexibility index (Phi) is 18.4. The number of nitrogens with one attached hydrogen (secondary N) is 4. The highest BCUT2D eigenvalue weighted by Gasteiger charge is 2.47. The number of nitro groups is 2. The Morgan fingerprint density at radius 1 is 0.551 bits per heavy atom. The normalized spacial score (nSPS) is 15.1. The molecule has 0 saturated carbocycles. The summed E-state index contributed by atoms with van der Waals surface area (Å²) in [6.07, 6.45) is 2.07. The molecule has 6 N–H and O–H groups in total. The SMILES string of the molecule is NC(=O)c1ccc(NC2CCN(S(=O)(=O)c3ccc(CNC(=O)c4ccc([N+](=O)[O-])cc4)s3)CC2)cc1.O=C(NCc1ccc(S(=O)(=O)N2CCC(Nc3ccc(S(=O)(=O)C(F)(F)F)cc3)CC2)s1)c1ccc([N+](=O)[O-])cc1. The number of hydrogen-bond donors (Lipinski definition) is 5. The van der Waals surface area contributed by atoms with Gasteiger partial charge in [0.1, 0.15) is 8.42 Å². The number of halogens is 3. The number of anilines is 2. The molecule has 0 unspecified atom stereocenters. The average Bonchev–Trinajstić information content (AvgIpc) is 4.19. The molecule has 4 aromatic carbocycles. The lowest BCUT2D eigenvalue weighted by Gasteiger charge is -2.31. The number of primary amides is 1. The van der Waals surface area contributed by atoms with E-state index in [0.717, 1.165) is 40.5 Å². The Labute approximate surface area is 452 Å². The van der Waals surface area contributed by atoms with Crippen molar-refractivity contribution in [3.8, 4) is 0 Å². The average molecular weight is 1180 g/mol. The van der Waals surface area contributed by atoms with E-state index in [-0.39, 0.29) is 69.2 Å². The first-order chi connectivity index (χ1) is 36.8. The van der Waals surface area contributed by atoms with Crippen molar-refractivity contribution in [2.75, 3.05) is 36.8 Å². The monoisotopic (exact) mass is 1180 g/mol. The van der Waals surface area contributed by atoms with Crippen LogP contribution < -0.4 is 27.0 Å². The van der Waals surface area contributed by atoms with Crippen molar-refractivity contribution in [3.05, 3.63) is 168 Å². The maximum Gasteiger partial charge on any atom is 0.501 e. The lowest BCUT2D eigenvalue weighted by Crippen LogP contribution is -2.42. The van der Waals surface area contributed by atoms with Crippen molar-refractivity contribution >= 4 is 93.0 Å². The van der Waals surface area contributed by atoms with E-state index in [1.165, 1.54) is 81.4 Å². The van der Waals surface area contributed by atoms with Gasteiger partial charge in [-0.15, -0.1) is 22.7 Å². The number of nitro benzene ring substituents is 2. The standard InChI is InChI=1S/C24H23F3N4O7S3.C24H25N5O6S2/c25-24(26,27)40(35,36)21-8-3-17(4-9-21)29-18-11-13-30(14-12-18)41(37,38)22-10-7-20(39-22)15-28-23(32)16-1-5-19(6-2-16)31(33)34;25-23(30)16-1-5-18(6-2-16)27-19-11-13-28(14-12-19)37(34,35)22-10-9-21(36-22)15-26-24(31)17-3-7-20(8-4-17)29(32)33/h1-10,18,29H,11-15H2,(H,28,32);1-10,19,27H,11-15H2,(H2,25,30)(H,26,31). The lowest BCUT2D eigenvalue weighted by molar-refractivity contribution is -0.385. The molecule has 0 bridgehead atoms. The van der Waals surface area contributed by atoms with Crippen LogP contribution in [0.4, 0.5) is 35.9 Å². The number of nitrogens with zero attached hydrogens (tertiary/aromatic N) is 4. The van der Waals surface area contributed by atoms with Crippen LogP contribution in [0, 0.1) is 20.2 Å². The minimum atomic E-state index is -5.44. The minimum absolute atomic E-state index is 0.0606. The molecule has 78 heavy (non-hydrogen) atoms. The summed E-state index contributed by atoms with van der Waals surface area (Å²) < 4.78 is 117. The summed E-state index contributed by atoms with van der Waals surface area (Å²) in [5.74, 6) is -1.37. The second-order valence-electron chi connectivity index (χ2n) is 17.5. The molecular formula is C48H48F3N9O13S5. The van der Waals surface area contributed by atoms with E-state index < -0.39 is 67.9 Å². The van der Waals surface area contributed by atoms with Crippen LogP contribution in [-0.2, 0) is 43.0 Å². The Morgan fingerprint density at radius 2 is 0.897 bits per heavy atom. The fourth-order valence-corrected chi connectivity index (χ4v) is 14.6. The molecule has 6 aromatic rings. The number of sulfonamides is 2. The van der Waals surface area contributed by atoms with Gasteiger partial charge in [0.05, 0.1) is 27.8 Å². The number of amides is 3. The summed E-state index contributed by atoms with van der Waals surface area (Å²) in [4.78, 5) is 56.6. The zero-order valence-electron chi connectivity index (χ0n) is 40.6. The third-order valence-corrected chi connectivity index (χ3v) is 20.7. The van der Waals surface area contributed by atoms with Gasteiger partial charge in [-0.25, -0.2) is 25.3 Å². The Morgan fingerprint density at radius 3 is 1.23 bits per heavy atom. The topological polar surface area (TPSA) is 321 Å². The first-order valence-electron chi connectivity index (χ1n) is 23.4. The van der Waals surface area contributed by atoms with Gasteiger partial charge in [-0.2, -0.15) is 21.8 Å². The minimum Gasteiger partial charge on any atom is -0.382 e. The molecule has 414 valence electrons. The van der Waals surface area contributed by atoms with E-state index in [1.54, 1.807) is 36.4 Å². The molecule has 2 aromatic heterocycles. The smallest absolute Gasteiger partial charge is 0.382 e. The lowest BCUT2D eigenvalue weighted by atomic mass is 10.1. The second kappa shape index (κ2) is 24.5. The van der Waals surface area contributed by atoms with Crippen molar-refractivity contribution in [3.63, 3.8) is 0 Å². The van der Waals surface area contributed by atoms with Crippen LogP contribution in [0.25, 0.3) is 0 Å². The molecule has 30 heteroatoms. The van der Waals surface area contributed by atoms with Crippen LogP contribution in [0.3, 0.4) is 0 Å². The first kappa shape index (κ1) is 58.3. The maximum absolute atomic E-state index is 13.1. The van der Waals surface area contributed by atoms with E-state index in [2.05, 4.69) is 21.3 Å².